The maximum Gasteiger partial charge on any atom is 0.156 e. The Morgan fingerprint density at radius 3 is 3.00 bits per heavy atom. The van der Waals surface area contributed by atoms with Crippen LogP contribution in [-0.2, 0) is 4.74 Å². The van der Waals surface area contributed by atoms with Crippen molar-refractivity contribution in [1.82, 2.24) is 0 Å². The molecule has 0 radical (unpaired) electrons. The fraction of sp³-hybridized carbons (Fsp3) is 0.556. The molecule has 0 spiro atoms. The molecule has 68 valence electrons. The van der Waals surface area contributed by atoms with Gasteiger partial charge in [0.2, 0.25) is 0 Å². The number of hydrogen-bond donors (Lipinski definition) is 2. The largest absolute Gasteiger partial charge is 0.508 e. The summed E-state index contributed by atoms with van der Waals surface area (Å²) in [5.74, 6) is 1.13. The number of rotatable bonds is 3. The molecule has 0 amide bonds. The summed E-state index contributed by atoms with van der Waals surface area (Å²) < 4.78 is 5.09. The average Bonchev–Trinajstić information content (AvgIpc) is 2.03. The molecule has 3 heteroatoms. The van der Waals surface area contributed by atoms with Crippen molar-refractivity contribution in [3.05, 3.63) is 23.7 Å². The van der Waals surface area contributed by atoms with Gasteiger partial charge in [-0.3, -0.25) is 0 Å². The van der Waals surface area contributed by atoms with E-state index in [1.807, 2.05) is 13.0 Å². The van der Waals surface area contributed by atoms with E-state index in [1.165, 1.54) is 0 Å². The lowest BCUT2D eigenvalue weighted by molar-refractivity contribution is 0.139. The molecule has 0 aromatic carbocycles. The highest BCUT2D eigenvalue weighted by Gasteiger charge is 2.12. The SMILES string of the molecule is CC1C=CC(OCCO)=C(O)C1. The van der Waals surface area contributed by atoms with Gasteiger partial charge in [0, 0.05) is 6.42 Å². The quantitative estimate of drug-likeness (QED) is 0.672. The van der Waals surface area contributed by atoms with Gasteiger partial charge in [0.05, 0.1) is 6.61 Å². The molecule has 0 aliphatic heterocycles. The third kappa shape index (κ3) is 2.27. The van der Waals surface area contributed by atoms with Crippen LogP contribution in [-0.4, -0.2) is 23.4 Å². The summed E-state index contributed by atoms with van der Waals surface area (Å²) in [6.07, 6.45) is 4.35. The van der Waals surface area contributed by atoms with Gasteiger partial charge in [0.1, 0.15) is 12.4 Å². The normalized spacial score (nSPS) is 23.0. The summed E-state index contributed by atoms with van der Waals surface area (Å²) in [7, 11) is 0. The van der Waals surface area contributed by atoms with E-state index in [2.05, 4.69) is 0 Å². The molecule has 0 fully saturated rings. The summed E-state index contributed by atoms with van der Waals surface area (Å²) >= 11 is 0. The van der Waals surface area contributed by atoms with Crippen LogP contribution in [0.1, 0.15) is 13.3 Å². The molecule has 1 unspecified atom stereocenters. The lowest BCUT2D eigenvalue weighted by Gasteiger charge is -2.15. The zero-order valence-corrected chi connectivity index (χ0v) is 7.16. The number of aliphatic hydroxyl groups is 2. The van der Waals surface area contributed by atoms with Crippen molar-refractivity contribution in [3.8, 4) is 0 Å². The molecule has 12 heavy (non-hydrogen) atoms. The predicted octanol–water partition coefficient (Wildman–Crippen LogP) is 1.36. The van der Waals surface area contributed by atoms with Gasteiger partial charge in [-0.1, -0.05) is 13.0 Å². The Kier molecular flexibility index (Phi) is 3.17. The predicted molar refractivity (Wildman–Crippen MR) is 45.6 cm³/mol. The maximum absolute atomic E-state index is 9.39. The number of aliphatic hydroxyl groups excluding tert-OH is 2. The first kappa shape index (κ1) is 9.13. The van der Waals surface area contributed by atoms with Crippen LogP contribution in [0.5, 0.6) is 0 Å². The second-order valence-electron chi connectivity index (χ2n) is 2.92. The molecule has 1 atom stereocenters. The first-order valence-electron chi connectivity index (χ1n) is 4.08. The van der Waals surface area contributed by atoms with E-state index in [9.17, 15) is 5.11 Å². The third-order valence-electron chi connectivity index (χ3n) is 1.72. The van der Waals surface area contributed by atoms with Crippen molar-refractivity contribution in [1.29, 1.82) is 0 Å². The van der Waals surface area contributed by atoms with Crippen LogP contribution in [0.4, 0.5) is 0 Å². The molecule has 0 heterocycles. The number of ether oxygens (including phenoxy) is 1. The molecule has 3 nitrogen and oxygen atoms in total. The molecule has 1 aliphatic carbocycles. The molecular formula is C9H14O3. The van der Waals surface area contributed by atoms with Gasteiger partial charge in [0.25, 0.3) is 0 Å². The zero-order valence-electron chi connectivity index (χ0n) is 7.16. The van der Waals surface area contributed by atoms with E-state index in [0.29, 0.717) is 18.1 Å². The molecule has 0 aromatic rings. The minimum absolute atomic E-state index is 0.0276. The molecule has 0 saturated heterocycles. The Hall–Kier alpha value is -0.960. The van der Waals surface area contributed by atoms with Crippen LogP contribution >= 0.6 is 0 Å². The highest BCUT2D eigenvalue weighted by Crippen LogP contribution is 2.21. The molecule has 0 bridgehead atoms. The minimum Gasteiger partial charge on any atom is -0.508 e. The fourth-order valence-electron chi connectivity index (χ4n) is 1.11. The minimum atomic E-state index is -0.0276. The first-order chi connectivity index (χ1) is 5.74. The monoisotopic (exact) mass is 170 g/mol. The topological polar surface area (TPSA) is 49.7 Å². The van der Waals surface area contributed by atoms with Crippen molar-refractivity contribution < 1.29 is 14.9 Å². The van der Waals surface area contributed by atoms with E-state index in [0.717, 1.165) is 0 Å². The summed E-state index contributed by atoms with van der Waals surface area (Å²) in [4.78, 5) is 0. The second-order valence-corrected chi connectivity index (χ2v) is 2.92. The maximum atomic E-state index is 9.39. The Labute approximate surface area is 72.0 Å². The van der Waals surface area contributed by atoms with E-state index in [1.54, 1.807) is 6.08 Å². The third-order valence-corrected chi connectivity index (χ3v) is 1.72. The number of hydrogen-bond acceptors (Lipinski definition) is 3. The Morgan fingerprint density at radius 1 is 1.67 bits per heavy atom. The summed E-state index contributed by atoms with van der Waals surface area (Å²) in [5, 5.41) is 17.9. The van der Waals surface area contributed by atoms with Gasteiger partial charge >= 0.3 is 0 Å². The van der Waals surface area contributed by atoms with Crippen molar-refractivity contribution >= 4 is 0 Å². The Balaban J connectivity index is 2.52. The first-order valence-corrected chi connectivity index (χ1v) is 4.08. The fourth-order valence-corrected chi connectivity index (χ4v) is 1.11. The van der Waals surface area contributed by atoms with Crippen LogP contribution in [0.25, 0.3) is 0 Å². The molecule has 0 saturated carbocycles. The van der Waals surface area contributed by atoms with Gasteiger partial charge in [-0.2, -0.15) is 0 Å². The van der Waals surface area contributed by atoms with Gasteiger partial charge in [-0.05, 0) is 12.0 Å². The van der Waals surface area contributed by atoms with Crippen LogP contribution in [0.2, 0.25) is 0 Å². The summed E-state index contributed by atoms with van der Waals surface area (Å²) in [6, 6.07) is 0. The van der Waals surface area contributed by atoms with Crippen molar-refractivity contribution in [2.24, 2.45) is 5.92 Å². The van der Waals surface area contributed by atoms with Crippen molar-refractivity contribution in [3.63, 3.8) is 0 Å². The van der Waals surface area contributed by atoms with Gasteiger partial charge in [-0.25, -0.2) is 0 Å². The lowest BCUT2D eigenvalue weighted by Crippen LogP contribution is -2.06. The Morgan fingerprint density at radius 2 is 2.42 bits per heavy atom. The molecule has 1 rings (SSSR count). The highest BCUT2D eigenvalue weighted by atomic mass is 16.5. The second kappa shape index (κ2) is 4.16. The summed E-state index contributed by atoms with van der Waals surface area (Å²) in [6.45, 7) is 2.23. The molecule has 1 aliphatic rings. The standard InChI is InChI=1S/C9H14O3/c1-7-2-3-9(8(11)6-7)12-5-4-10/h2-3,7,10-11H,4-6H2,1H3. The smallest absolute Gasteiger partial charge is 0.156 e. The van der Waals surface area contributed by atoms with Gasteiger partial charge in [0.15, 0.2) is 5.76 Å². The van der Waals surface area contributed by atoms with Gasteiger partial charge < -0.3 is 14.9 Å². The van der Waals surface area contributed by atoms with Crippen LogP contribution in [0, 0.1) is 5.92 Å². The van der Waals surface area contributed by atoms with E-state index < -0.39 is 0 Å². The Bertz CT molecular complexity index is 206. The average molecular weight is 170 g/mol. The van der Waals surface area contributed by atoms with Gasteiger partial charge in [-0.15, -0.1) is 0 Å². The van der Waals surface area contributed by atoms with E-state index >= 15 is 0 Å². The number of allylic oxidation sites excluding steroid dienone is 3. The van der Waals surface area contributed by atoms with E-state index in [-0.39, 0.29) is 19.0 Å². The zero-order chi connectivity index (χ0) is 8.97. The summed E-state index contributed by atoms with van der Waals surface area (Å²) in [5.41, 5.74) is 0. The van der Waals surface area contributed by atoms with Crippen LogP contribution < -0.4 is 0 Å². The molecule has 2 N–H and O–H groups in total. The van der Waals surface area contributed by atoms with Crippen molar-refractivity contribution in [2.75, 3.05) is 13.2 Å². The van der Waals surface area contributed by atoms with E-state index in [4.69, 9.17) is 9.84 Å². The van der Waals surface area contributed by atoms with Crippen LogP contribution in [0.3, 0.4) is 0 Å². The highest BCUT2D eigenvalue weighted by molar-refractivity contribution is 5.21. The molecular weight excluding hydrogens is 156 g/mol. The molecule has 0 aromatic heterocycles. The lowest BCUT2D eigenvalue weighted by atomic mass is 10.0. The van der Waals surface area contributed by atoms with Crippen LogP contribution in [0.15, 0.2) is 23.7 Å². The van der Waals surface area contributed by atoms with Crippen molar-refractivity contribution in [2.45, 2.75) is 13.3 Å².